The zero-order valence-corrected chi connectivity index (χ0v) is 12.6. The van der Waals surface area contributed by atoms with Crippen LogP contribution in [0.15, 0.2) is 18.2 Å². The Labute approximate surface area is 120 Å². The average Bonchev–Trinajstić information content (AvgIpc) is 2.38. The molecule has 0 spiro atoms. The monoisotopic (exact) mass is 277 g/mol. The molecule has 0 bridgehead atoms. The van der Waals surface area contributed by atoms with Crippen molar-refractivity contribution in [2.24, 2.45) is 5.73 Å². The predicted octanol–water partition coefficient (Wildman–Crippen LogP) is 1.21. The number of rotatable bonds is 4. The van der Waals surface area contributed by atoms with Gasteiger partial charge in [-0.05, 0) is 45.6 Å². The van der Waals surface area contributed by atoms with Gasteiger partial charge in [0.2, 0.25) is 0 Å². The Morgan fingerprint density at radius 1 is 1.35 bits per heavy atom. The number of hydrogen-bond acceptors (Lipinski definition) is 4. The molecule has 0 saturated heterocycles. The minimum atomic E-state index is -0.841. The minimum Gasteiger partial charge on any atom is -0.476 e. The summed E-state index contributed by atoms with van der Waals surface area (Å²) in [6, 6.07) is 5.78. The number of fused-ring (bicyclic) bond motifs is 1. The van der Waals surface area contributed by atoms with Crippen LogP contribution in [-0.4, -0.2) is 43.6 Å². The molecule has 1 aliphatic rings. The largest absolute Gasteiger partial charge is 0.476 e. The van der Waals surface area contributed by atoms with Crippen molar-refractivity contribution in [3.63, 3.8) is 0 Å². The summed E-state index contributed by atoms with van der Waals surface area (Å²) in [5.41, 5.74) is 6.66. The van der Waals surface area contributed by atoms with E-state index in [1.54, 1.807) is 18.7 Å². The number of hydrogen-bond donors (Lipinski definition) is 1. The maximum absolute atomic E-state index is 12.5. The number of anilines is 1. The zero-order chi connectivity index (χ0) is 14.9. The molecule has 2 rings (SSSR count). The van der Waals surface area contributed by atoms with Gasteiger partial charge in [-0.3, -0.25) is 4.79 Å². The highest BCUT2D eigenvalue weighted by atomic mass is 16.5. The van der Waals surface area contributed by atoms with Gasteiger partial charge in [0.1, 0.15) is 5.75 Å². The Morgan fingerprint density at radius 2 is 2.05 bits per heavy atom. The second-order valence-electron chi connectivity index (χ2n) is 5.88. The van der Waals surface area contributed by atoms with E-state index < -0.39 is 5.60 Å². The van der Waals surface area contributed by atoms with E-state index in [0.717, 1.165) is 23.5 Å². The molecule has 1 heterocycles. The van der Waals surface area contributed by atoms with Gasteiger partial charge in [0.25, 0.3) is 5.91 Å². The van der Waals surface area contributed by atoms with E-state index >= 15 is 0 Å². The number of nitrogens with two attached hydrogens (primary N) is 1. The van der Waals surface area contributed by atoms with Crippen LogP contribution in [0.1, 0.15) is 19.4 Å². The van der Waals surface area contributed by atoms with Gasteiger partial charge in [0, 0.05) is 19.6 Å². The van der Waals surface area contributed by atoms with E-state index in [2.05, 4.69) is 4.90 Å². The van der Waals surface area contributed by atoms with Gasteiger partial charge in [-0.1, -0.05) is 6.07 Å². The molecule has 0 aliphatic carbocycles. The highest BCUT2D eigenvalue weighted by molar-refractivity contribution is 6.02. The molecule has 1 aliphatic heterocycles. The molecule has 0 fully saturated rings. The predicted molar refractivity (Wildman–Crippen MR) is 79.9 cm³/mol. The fourth-order valence-corrected chi connectivity index (χ4v) is 2.27. The number of amides is 1. The van der Waals surface area contributed by atoms with Crippen LogP contribution >= 0.6 is 0 Å². The summed E-state index contributed by atoms with van der Waals surface area (Å²) in [6.07, 6.45) is 0. The van der Waals surface area contributed by atoms with Gasteiger partial charge in [-0.25, -0.2) is 0 Å². The van der Waals surface area contributed by atoms with Crippen molar-refractivity contribution < 1.29 is 9.53 Å². The number of nitrogens with zero attached hydrogens (tertiary/aromatic N) is 2. The zero-order valence-electron chi connectivity index (χ0n) is 12.6. The topological polar surface area (TPSA) is 58.8 Å². The second-order valence-corrected chi connectivity index (χ2v) is 5.88. The number of likely N-dealkylation sites (N-methyl/N-ethyl adjacent to an activating group) is 1. The summed E-state index contributed by atoms with van der Waals surface area (Å²) < 4.78 is 5.85. The third-order valence-corrected chi connectivity index (χ3v) is 3.45. The van der Waals surface area contributed by atoms with Crippen LogP contribution in [0.3, 0.4) is 0 Å². The molecular weight excluding hydrogens is 254 g/mol. The lowest BCUT2D eigenvalue weighted by molar-refractivity contribution is -0.132. The first-order valence-electron chi connectivity index (χ1n) is 6.84. The fourth-order valence-electron chi connectivity index (χ4n) is 2.27. The van der Waals surface area contributed by atoms with E-state index in [-0.39, 0.29) is 5.91 Å². The van der Waals surface area contributed by atoms with Crippen molar-refractivity contribution in [3.8, 4) is 5.75 Å². The standard InChI is InChI=1S/C15H23N3O2/c1-15(2)14(19)18(8-7-17(3)4)12-6-5-11(10-16)9-13(12)20-15/h5-6,9H,7-8,10,16H2,1-4H3. The van der Waals surface area contributed by atoms with E-state index in [9.17, 15) is 4.79 Å². The van der Waals surface area contributed by atoms with Gasteiger partial charge in [0.15, 0.2) is 5.60 Å². The number of benzene rings is 1. The number of carbonyl (C=O) groups is 1. The Hall–Kier alpha value is -1.59. The van der Waals surface area contributed by atoms with Crippen LogP contribution in [0.5, 0.6) is 5.75 Å². The summed E-state index contributed by atoms with van der Waals surface area (Å²) in [6.45, 7) is 5.52. The SMILES string of the molecule is CN(C)CCN1C(=O)C(C)(C)Oc2cc(CN)ccc21. The van der Waals surface area contributed by atoms with Crippen molar-refractivity contribution in [1.29, 1.82) is 0 Å². The Kier molecular flexibility index (Phi) is 4.01. The normalized spacial score (nSPS) is 17.1. The van der Waals surface area contributed by atoms with Gasteiger partial charge in [0.05, 0.1) is 5.69 Å². The lowest BCUT2D eigenvalue weighted by Gasteiger charge is -2.39. The third kappa shape index (κ3) is 2.78. The molecule has 0 radical (unpaired) electrons. The van der Waals surface area contributed by atoms with Gasteiger partial charge in [-0.15, -0.1) is 0 Å². The van der Waals surface area contributed by atoms with Gasteiger partial charge < -0.3 is 20.3 Å². The molecule has 1 aromatic carbocycles. The molecule has 5 heteroatoms. The third-order valence-electron chi connectivity index (χ3n) is 3.45. The Bertz CT molecular complexity index is 512. The Balaban J connectivity index is 2.38. The molecule has 0 atom stereocenters. The van der Waals surface area contributed by atoms with Crippen LogP contribution in [-0.2, 0) is 11.3 Å². The van der Waals surface area contributed by atoms with E-state index in [4.69, 9.17) is 10.5 Å². The molecule has 0 aromatic heterocycles. The molecule has 1 aromatic rings. The van der Waals surface area contributed by atoms with Crippen LogP contribution < -0.4 is 15.4 Å². The van der Waals surface area contributed by atoms with Gasteiger partial charge in [-0.2, -0.15) is 0 Å². The van der Waals surface area contributed by atoms with Crippen LogP contribution in [0.25, 0.3) is 0 Å². The van der Waals surface area contributed by atoms with Gasteiger partial charge >= 0.3 is 0 Å². The maximum Gasteiger partial charge on any atom is 0.270 e. The minimum absolute atomic E-state index is 0.00708. The average molecular weight is 277 g/mol. The van der Waals surface area contributed by atoms with Crippen LogP contribution in [0.2, 0.25) is 0 Å². The first kappa shape index (κ1) is 14.8. The van der Waals surface area contributed by atoms with E-state index in [1.807, 2.05) is 32.3 Å². The highest BCUT2D eigenvalue weighted by Gasteiger charge is 2.40. The molecule has 1 amide bonds. The smallest absolute Gasteiger partial charge is 0.270 e. The molecule has 0 saturated carbocycles. The molecule has 0 unspecified atom stereocenters. The second kappa shape index (κ2) is 5.42. The van der Waals surface area contributed by atoms with Crippen LogP contribution in [0, 0.1) is 0 Å². The summed E-state index contributed by atoms with van der Waals surface area (Å²) in [7, 11) is 3.99. The summed E-state index contributed by atoms with van der Waals surface area (Å²) >= 11 is 0. The maximum atomic E-state index is 12.5. The molecule has 110 valence electrons. The van der Waals surface area contributed by atoms with Crippen molar-refractivity contribution in [3.05, 3.63) is 23.8 Å². The Morgan fingerprint density at radius 3 is 2.65 bits per heavy atom. The first-order valence-corrected chi connectivity index (χ1v) is 6.84. The van der Waals surface area contributed by atoms with E-state index in [1.165, 1.54) is 0 Å². The fraction of sp³-hybridized carbons (Fsp3) is 0.533. The molecule has 5 nitrogen and oxygen atoms in total. The van der Waals surface area contributed by atoms with Crippen molar-refractivity contribution >= 4 is 11.6 Å². The summed E-state index contributed by atoms with van der Waals surface area (Å²) in [5, 5.41) is 0. The molecule has 20 heavy (non-hydrogen) atoms. The lowest BCUT2D eigenvalue weighted by atomic mass is 10.0. The van der Waals surface area contributed by atoms with E-state index in [0.29, 0.717) is 13.1 Å². The summed E-state index contributed by atoms with van der Waals surface area (Å²) in [5.74, 6) is 0.726. The lowest BCUT2D eigenvalue weighted by Crippen LogP contribution is -2.53. The molecular formula is C15H23N3O2. The highest BCUT2D eigenvalue weighted by Crippen LogP contribution is 2.38. The van der Waals surface area contributed by atoms with Crippen LogP contribution in [0.4, 0.5) is 5.69 Å². The first-order chi connectivity index (χ1) is 9.35. The number of carbonyl (C=O) groups excluding carboxylic acids is 1. The van der Waals surface area contributed by atoms with Crippen molar-refractivity contribution in [1.82, 2.24) is 4.90 Å². The quantitative estimate of drug-likeness (QED) is 0.899. The van der Waals surface area contributed by atoms with Crippen molar-refractivity contribution in [2.45, 2.75) is 26.0 Å². The summed E-state index contributed by atoms with van der Waals surface area (Å²) in [4.78, 5) is 16.4. The number of ether oxygens (including phenoxy) is 1. The van der Waals surface area contributed by atoms with Crippen molar-refractivity contribution in [2.75, 3.05) is 32.1 Å². The molecule has 2 N–H and O–H groups in total.